The van der Waals surface area contributed by atoms with Gasteiger partial charge in [0.2, 0.25) is 0 Å². The third-order valence-electron chi connectivity index (χ3n) is 4.26. The summed E-state index contributed by atoms with van der Waals surface area (Å²) >= 11 is 1.47. The van der Waals surface area contributed by atoms with Crippen LogP contribution in [0.25, 0.3) is 6.08 Å². The van der Waals surface area contributed by atoms with E-state index in [0.29, 0.717) is 16.9 Å². The van der Waals surface area contributed by atoms with Crippen LogP contribution < -0.4 is 4.90 Å². The van der Waals surface area contributed by atoms with Crippen LogP contribution in [0.1, 0.15) is 29.1 Å². The van der Waals surface area contributed by atoms with Crippen molar-refractivity contribution in [3.05, 3.63) is 69.1 Å². The fraction of sp³-hybridized carbons (Fsp3) is 0.190. The molecule has 7 heteroatoms. The minimum atomic E-state index is -0.570. The van der Waals surface area contributed by atoms with Gasteiger partial charge >= 0.3 is 11.9 Å². The van der Waals surface area contributed by atoms with Gasteiger partial charge in [-0.25, -0.2) is 9.59 Å². The van der Waals surface area contributed by atoms with E-state index in [0.717, 1.165) is 4.88 Å². The zero-order chi connectivity index (χ0) is 20.3. The molecule has 0 radical (unpaired) electrons. The number of carbonyl (C=O) groups is 3. The number of methoxy groups -OCH3 is 1. The highest BCUT2D eigenvalue weighted by molar-refractivity contribution is 7.10. The number of anilines is 1. The summed E-state index contributed by atoms with van der Waals surface area (Å²) in [6.07, 6.45) is 1.69. The van der Waals surface area contributed by atoms with Gasteiger partial charge in [-0.1, -0.05) is 6.07 Å². The molecule has 28 heavy (non-hydrogen) atoms. The molecular formula is C21H19NO5S. The molecule has 1 aliphatic heterocycles. The number of hydrogen-bond donors (Lipinski definition) is 0. The summed E-state index contributed by atoms with van der Waals surface area (Å²) in [4.78, 5) is 39.6. The highest BCUT2D eigenvalue weighted by Crippen LogP contribution is 2.36. The van der Waals surface area contributed by atoms with Gasteiger partial charge in [-0.3, -0.25) is 9.69 Å². The van der Waals surface area contributed by atoms with Gasteiger partial charge in [0.15, 0.2) is 0 Å². The van der Waals surface area contributed by atoms with Crippen LogP contribution in [0.3, 0.4) is 0 Å². The van der Waals surface area contributed by atoms with Gasteiger partial charge in [0.05, 0.1) is 30.4 Å². The third-order valence-corrected chi connectivity index (χ3v) is 5.08. The lowest BCUT2D eigenvalue weighted by molar-refractivity contribution is -0.136. The fourth-order valence-corrected chi connectivity index (χ4v) is 3.62. The molecule has 0 spiro atoms. The second-order valence-corrected chi connectivity index (χ2v) is 6.91. The number of ether oxygens (including phenoxy) is 2. The average Bonchev–Trinajstić information content (AvgIpc) is 3.29. The lowest BCUT2D eigenvalue weighted by Crippen LogP contribution is -2.24. The lowest BCUT2D eigenvalue weighted by atomic mass is 10.1. The molecule has 1 aromatic heterocycles. The predicted molar refractivity (Wildman–Crippen MR) is 107 cm³/mol. The molecule has 0 unspecified atom stereocenters. The molecule has 0 saturated heterocycles. The molecule has 0 saturated carbocycles. The molecule has 0 atom stereocenters. The Morgan fingerprint density at radius 2 is 1.86 bits per heavy atom. The molecule has 1 amide bonds. The molecule has 3 rings (SSSR count). The molecule has 6 nitrogen and oxygen atoms in total. The first-order valence-corrected chi connectivity index (χ1v) is 9.52. The van der Waals surface area contributed by atoms with Crippen molar-refractivity contribution >= 4 is 40.9 Å². The Kier molecular flexibility index (Phi) is 5.75. The second-order valence-electron chi connectivity index (χ2n) is 5.93. The van der Waals surface area contributed by atoms with Crippen molar-refractivity contribution in [2.24, 2.45) is 0 Å². The second kappa shape index (κ2) is 8.22. The first-order valence-electron chi connectivity index (χ1n) is 8.64. The Hall–Kier alpha value is -3.19. The normalized spacial score (nSPS) is 15.3. The molecule has 0 N–H and O–H groups in total. The van der Waals surface area contributed by atoms with Gasteiger partial charge in [-0.2, -0.15) is 0 Å². The number of hydrogen-bond acceptors (Lipinski definition) is 6. The van der Waals surface area contributed by atoms with Crippen molar-refractivity contribution in [1.29, 1.82) is 0 Å². The molecule has 2 heterocycles. The molecule has 2 aromatic rings. The number of nitrogens with zero attached hydrogens (tertiary/aromatic N) is 1. The van der Waals surface area contributed by atoms with Crippen LogP contribution in [0.15, 0.2) is 58.6 Å². The van der Waals surface area contributed by atoms with Gasteiger partial charge in [0.25, 0.3) is 5.91 Å². The quantitative estimate of drug-likeness (QED) is 0.567. The largest absolute Gasteiger partial charge is 0.465 e. The number of benzene rings is 1. The SMILES string of the molecule is CCOC(=O)c1ccc(N2C(=O)/C(=C\c3cccs3)C(C(=O)OC)=C2C)cc1. The van der Waals surface area contributed by atoms with Crippen LogP contribution in [0.4, 0.5) is 5.69 Å². The van der Waals surface area contributed by atoms with Crippen molar-refractivity contribution in [2.45, 2.75) is 13.8 Å². The number of allylic oxidation sites excluding steroid dienone is 1. The highest BCUT2D eigenvalue weighted by atomic mass is 32.1. The maximum absolute atomic E-state index is 13.1. The fourth-order valence-electron chi connectivity index (χ4n) is 2.97. The van der Waals surface area contributed by atoms with Crippen LogP contribution >= 0.6 is 11.3 Å². The van der Waals surface area contributed by atoms with Crippen molar-refractivity contribution in [3.63, 3.8) is 0 Å². The topological polar surface area (TPSA) is 72.9 Å². The Morgan fingerprint density at radius 1 is 1.14 bits per heavy atom. The Morgan fingerprint density at radius 3 is 2.43 bits per heavy atom. The van der Waals surface area contributed by atoms with Gasteiger partial charge < -0.3 is 9.47 Å². The molecule has 1 aliphatic rings. The monoisotopic (exact) mass is 397 g/mol. The summed E-state index contributed by atoms with van der Waals surface area (Å²) in [6.45, 7) is 3.71. The van der Waals surface area contributed by atoms with Crippen molar-refractivity contribution in [3.8, 4) is 0 Å². The van der Waals surface area contributed by atoms with Crippen LogP contribution in [0, 0.1) is 0 Å². The maximum atomic E-state index is 13.1. The summed E-state index contributed by atoms with van der Waals surface area (Å²) in [5.74, 6) is -1.32. The van der Waals surface area contributed by atoms with Crippen molar-refractivity contribution < 1.29 is 23.9 Å². The van der Waals surface area contributed by atoms with E-state index in [9.17, 15) is 14.4 Å². The number of amides is 1. The number of carbonyl (C=O) groups excluding carboxylic acids is 3. The van der Waals surface area contributed by atoms with E-state index >= 15 is 0 Å². The zero-order valence-corrected chi connectivity index (χ0v) is 16.5. The Labute approximate surface area is 166 Å². The number of esters is 2. The van der Waals surface area contributed by atoms with Gasteiger partial charge in [0.1, 0.15) is 0 Å². The van der Waals surface area contributed by atoms with Crippen LogP contribution in [0.2, 0.25) is 0 Å². The van der Waals surface area contributed by atoms with Crippen LogP contribution in [-0.2, 0) is 19.1 Å². The summed E-state index contributed by atoms with van der Waals surface area (Å²) in [5.41, 5.74) is 1.92. The predicted octanol–water partition coefficient (Wildman–Crippen LogP) is 3.80. The van der Waals surface area contributed by atoms with E-state index in [-0.39, 0.29) is 23.7 Å². The first-order chi connectivity index (χ1) is 13.5. The van der Waals surface area contributed by atoms with E-state index in [1.165, 1.54) is 23.3 Å². The van der Waals surface area contributed by atoms with E-state index in [2.05, 4.69) is 0 Å². The highest BCUT2D eigenvalue weighted by Gasteiger charge is 2.38. The van der Waals surface area contributed by atoms with E-state index in [1.807, 2.05) is 17.5 Å². The molecule has 1 aromatic carbocycles. The molecule has 144 valence electrons. The lowest BCUT2D eigenvalue weighted by Gasteiger charge is -2.18. The molecule has 0 bridgehead atoms. The van der Waals surface area contributed by atoms with Crippen LogP contribution in [-0.4, -0.2) is 31.6 Å². The number of thiophene rings is 1. The van der Waals surface area contributed by atoms with E-state index in [1.54, 1.807) is 44.2 Å². The minimum Gasteiger partial charge on any atom is -0.465 e. The number of rotatable bonds is 5. The Bertz CT molecular complexity index is 971. The van der Waals surface area contributed by atoms with Crippen molar-refractivity contribution in [1.82, 2.24) is 0 Å². The van der Waals surface area contributed by atoms with Crippen LogP contribution in [0.5, 0.6) is 0 Å². The van der Waals surface area contributed by atoms with E-state index in [4.69, 9.17) is 9.47 Å². The molecule has 0 fully saturated rings. The van der Waals surface area contributed by atoms with Gasteiger partial charge in [-0.05, 0) is 55.6 Å². The maximum Gasteiger partial charge on any atom is 0.340 e. The minimum absolute atomic E-state index is 0.232. The van der Waals surface area contributed by atoms with E-state index < -0.39 is 11.9 Å². The molecule has 0 aliphatic carbocycles. The third kappa shape index (κ3) is 3.61. The van der Waals surface area contributed by atoms with Crippen molar-refractivity contribution in [2.75, 3.05) is 18.6 Å². The smallest absolute Gasteiger partial charge is 0.340 e. The van der Waals surface area contributed by atoms with Gasteiger partial charge in [-0.15, -0.1) is 11.3 Å². The van der Waals surface area contributed by atoms with Gasteiger partial charge in [0, 0.05) is 16.3 Å². The molecular weight excluding hydrogens is 378 g/mol. The first kappa shape index (κ1) is 19.6. The standard InChI is InChI=1S/C21H19NO5S/c1-4-27-20(24)14-7-9-15(10-8-14)22-13(2)18(21(25)26-3)17(19(22)23)12-16-6-5-11-28-16/h5-12H,4H2,1-3H3/b17-12-. The Balaban J connectivity index is 2.02. The summed E-state index contributed by atoms with van der Waals surface area (Å²) in [6, 6.07) is 10.2. The zero-order valence-electron chi connectivity index (χ0n) is 15.7. The summed E-state index contributed by atoms with van der Waals surface area (Å²) < 4.78 is 9.87. The summed E-state index contributed by atoms with van der Waals surface area (Å²) in [5, 5.41) is 1.89. The summed E-state index contributed by atoms with van der Waals surface area (Å²) in [7, 11) is 1.28. The average molecular weight is 397 g/mol.